The number of anilines is 1. The fraction of sp³-hybridized carbons (Fsp3) is 0.111. The van der Waals surface area contributed by atoms with Crippen LogP contribution in [0.1, 0.15) is 18.1 Å². The van der Waals surface area contributed by atoms with E-state index in [1.54, 1.807) is 12.1 Å². The second-order valence-corrected chi connectivity index (χ2v) is 6.73. The standard InChI is InChI=1S/C18H14N2O5S/c1-10-3-5-13-16(7-10)26-17(18(22)19-13)9-12-4-6-15(25-11(2)21)14(8-12)20(23)24/h3-9H,1-2H3,(H,19,22). The number of hydrogen-bond acceptors (Lipinski definition) is 6. The van der Waals surface area contributed by atoms with Gasteiger partial charge in [-0.15, -0.1) is 0 Å². The molecule has 8 heteroatoms. The number of aryl methyl sites for hydroxylation is 1. The number of rotatable bonds is 3. The summed E-state index contributed by atoms with van der Waals surface area (Å²) in [6.07, 6.45) is 1.57. The van der Waals surface area contributed by atoms with Crippen molar-refractivity contribution in [3.63, 3.8) is 0 Å². The van der Waals surface area contributed by atoms with Crippen LogP contribution in [0.25, 0.3) is 6.08 Å². The summed E-state index contributed by atoms with van der Waals surface area (Å²) in [5.74, 6) is -1.06. The lowest BCUT2D eigenvalue weighted by molar-refractivity contribution is -0.385. The van der Waals surface area contributed by atoms with Crippen LogP contribution in [0.15, 0.2) is 46.2 Å². The number of nitro benzene ring substituents is 1. The lowest BCUT2D eigenvalue weighted by atomic mass is 10.1. The highest BCUT2D eigenvalue weighted by Gasteiger charge is 2.22. The molecule has 1 N–H and O–H groups in total. The number of nitrogens with one attached hydrogen (secondary N) is 1. The third-order valence-electron chi connectivity index (χ3n) is 3.56. The van der Waals surface area contributed by atoms with Gasteiger partial charge >= 0.3 is 11.7 Å². The van der Waals surface area contributed by atoms with E-state index in [9.17, 15) is 19.7 Å². The summed E-state index contributed by atoms with van der Waals surface area (Å²) in [5.41, 5.74) is 1.92. The van der Waals surface area contributed by atoms with Crippen molar-refractivity contribution in [1.29, 1.82) is 0 Å². The molecular weight excluding hydrogens is 356 g/mol. The van der Waals surface area contributed by atoms with Gasteiger partial charge in [-0.05, 0) is 42.3 Å². The van der Waals surface area contributed by atoms with Crippen LogP contribution in [0.4, 0.5) is 11.4 Å². The van der Waals surface area contributed by atoms with Crippen LogP contribution in [0.2, 0.25) is 0 Å². The van der Waals surface area contributed by atoms with Crippen molar-refractivity contribution in [2.45, 2.75) is 18.7 Å². The average molecular weight is 370 g/mol. The summed E-state index contributed by atoms with van der Waals surface area (Å²) in [6, 6.07) is 9.87. The van der Waals surface area contributed by atoms with Gasteiger partial charge in [0.05, 0.1) is 15.5 Å². The molecule has 0 bridgehead atoms. The van der Waals surface area contributed by atoms with Gasteiger partial charge in [0.15, 0.2) is 0 Å². The van der Waals surface area contributed by atoms with Crippen molar-refractivity contribution < 1.29 is 19.2 Å². The number of hydrogen-bond donors (Lipinski definition) is 1. The van der Waals surface area contributed by atoms with Crippen molar-refractivity contribution in [1.82, 2.24) is 0 Å². The zero-order valence-corrected chi connectivity index (χ0v) is 14.8. The quantitative estimate of drug-likeness (QED) is 0.289. The molecule has 2 aromatic carbocycles. The first-order chi connectivity index (χ1) is 12.3. The Balaban J connectivity index is 1.96. The highest BCUT2D eigenvalue weighted by atomic mass is 32.2. The number of carbonyl (C=O) groups excluding carboxylic acids is 2. The van der Waals surface area contributed by atoms with Crippen molar-refractivity contribution in [3.05, 3.63) is 62.5 Å². The highest BCUT2D eigenvalue weighted by molar-refractivity contribution is 8.04. The van der Waals surface area contributed by atoms with E-state index in [-0.39, 0.29) is 17.3 Å². The van der Waals surface area contributed by atoms with Gasteiger partial charge in [0, 0.05) is 17.9 Å². The van der Waals surface area contributed by atoms with Crippen LogP contribution < -0.4 is 10.1 Å². The molecule has 0 saturated heterocycles. The van der Waals surface area contributed by atoms with Gasteiger partial charge in [0.1, 0.15) is 0 Å². The molecule has 0 spiro atoms. The van der Waals surface area contributed by atoms with Gasteiger partial charge < -0.3 is 10.1 Å². The van der Waals surface area contributed by atoms with Crippen LogP contribution in [-0.2, 0) is 9.59 Å². The number of carbonyl (C=O) groups is 2. The number of benzene rings is 2. The Kier molecular flexibility index (Phi) is 4.77. The van der Waals surface area contributed by atoms with Gasteiger partial charge in [0.2, 0.25) is 5.75 Å². The maximum absolute atomic E-state index is 12.3. The Morgan fingerprint density at radius 1 is 1.27 bits per heavy atom. The Hall–Kier alpha value is -3.13. The third kappa shape index (κ3) is 3.75. The highest BCUT2D eigenvalue weighted by Crippen LogP contribution is 2.40. The fourth-order valence-corrected chi connectivity index (χ4v) is 3.47. The van der Waals surface area contributed by atoms with Crippen LogP contribution in [0, 0.1) is 17.0 Å². The number of esters is 1. The minimum atomic E-state index is -0.645. The number of nitrogens with zero attached hydrogens (tertiary/aromatic N) is 1. The molecule has 0 unspecified atom stereocenters. The van der Waals surface area contributed by atoms with E-state index in [4.69, 9.17) is 4.74 Å². The topological polar surface area (TPSA) is 98.5 Å². The Morgan fingerprint density at radius 2 is 2.04 bits per heavy atom. The first-order valence-electron chi connectivity index (χ1n) is 7.62. The first kappa shape index (κ1) is 17.7. The summed E-state index contributed by atoms with van der Waals surface area (Å²) < 4.78 is 4.85. The third-order valence-corrected chi connectivity index (χ3v) is 4.64. The molecule has 1 amide bonds. The van der Waals surface area contributed by atoms with E-state index in [0.717, 1.165) is 16.1 Å². The Labute approximate surface area is 153 Å². The molecule has 0 aromatic heterocycles. The molecule has 2 aromatic rings. The van der Waals surface area contributed by atoms with E-state index in [0.29, 0.717) is 10.5 Å². The molecular formula is C18H14N2O5S. The molecule has 0 atom stereocenters. The molecule has 0 fully saturated rings. The van der Waals surface area contributed by atoms with E-state index >= 15 is 0 Å². The van der Waals surface area contributed by atoms with E-state index in [2.05, 4.69) is 5.32 Å². The molecule has 0 saturated carbocycles. The van der Waals surface area contributed by atoms with Crippen LogP contribution >= 0.6 is 11.8 Å². The fourth-order valence-electron chi connectivity index (χ4n) is 2.42. The molecule has 3 rings (SSSR count). The number of amides is 1. The minimum absolute atomic E-state index is 0.133. The monoisotopic (exact) mass is 370 g/mol. The molecule has 0 radical (unpaired) electrons. The Morgan fingerprint density at radius 3 is 2.73 bits per heavy atom. The van der Waals surface area contributed by atoms with E-state index in [1.807, 2.05) is 25.1 Å². The molecule has 26 heavy (non-hydrogen) atoms. The van der Waals surface area contributed by atoms with Crippen molar-refractivity contribution in [3.8, 4) is 5.75 Å². The second kappa shape index (κ2) is 7.01. The summed E-state index contributed by atoms with van der Waals surface area (Å²) in [7, 11) is 0. The van der Waals surface area contributed by atoms with Gasteiger partial charge in [-0.3, -0.25) is 19.7 Å². The number of ether oxygens (including phenoxy) is 1. The predicted octanol–water partition coefficient (Wildman–Crippen LogP) is 3.91. The van der Waals surface area contributed by atoms with Gasteiger partial charge in [-0.1, -0.05) is 23.9 Å². The first-order valence-corrected chi connectivity index (χ1v) is 8.43. The normalized spacial score (nSPS) is 14.5. The average Bonchev–Trinajstić information content (AvgIpc) is 2.56. The van der Waals surface area contributed by atoms with Crippen molar-refractivity contribution in [2.24, 2.45) is 0 Å². The number of fused-ring (bicyclic) bond motifs is 1. The summed E-state index contributed by atoms with van der Waals surface area (Å²) in [5, 5.41) is 14.0. The van der Waals surface area contributed by atoms with Gasteiger partial charge in [0.25, 0.3) is 5.91 Å². The van der Waals surface area contributed by atoms with E-state index in [1.165, 1.54) is 30.8 Å². The van der Waals surface area contributed by atoms with E-state index < -0.39 is 10.9 Å². The zero-order valence-electron chi connectivity index (χ0n) is 13.9. The van der Waals surface area contributed by atoms with Gasteiger partial charge in [-0.2, -0.15) is 0 Å². The van der Waals surface area contributed by atoms with Crippen LogP contribution in [0.3, 0.4) is 0 Å². The molecule has 0 aliphatic carbocycles. The minimum Gasteiger partial charge on any atom is -0.419 e. The summed E-state index contributed by atoms with van der Waals surface area (Å²) in [6.45, 7) is 3.12. The maximum Gasteiger partial charge on any atom is 0.312 e. The SMILES string of the molecule is CC(=O)Oc1ccc(C=C2Sc3cc(C)ccc3NC2=O)cc1[N+](=O)[O-]. The zero-order chi connectivity index (χ0) is 18.8. The van der Waals surface area contributed by atoms with Crippen molar-refractivity contribution in [2.75, 3.05) is 5.32 Å². The lowest BCUT2D eigenvalue weighted by Crippen LogP contribution is -2.17. The number of nitro groups is 1. The Bertz CT molecular complexity index is 968. The van der Waals surface area contributed by atoms with Crippen LogP contribution in [-0.4, -0.2) is 16.8 Å². The predicted molar refractivity (Wildman–Crippen MR) is 98.0 cm³/mol. The summed E-state index contributed by atoms with van der Waals surface area (Å²) in [4.78, 5) is 35.2. The number of thioether (sulfide) groups is 1. The molecule has 7 nitrogen and oxygen atoms in total. The molecule has 1 aliphatic rings. The largest absolute Gasteiger partial charge is 0.419 e. The molecule has 132 valence electrons. The maximum atomic E-state index is 12.3. The molecule has 1 heterocycles. The molecule has 1 aliphatic heterocycles. The van der Waals surface area contributed by atoms with Gasteiger partial charge in [-0.25, -0.2) is 0 Å². The lowest BCUT2D eigenvalue weighted by Gasteiger charge is -2.19. The second-order valence-electron chi connectivity index (χ2n) is 5.64. The van der Waals surface area contributed by atoms with Crippen molar-refractivity contribution >= 4 is 41.1 Å². The summed E-state index contributed by atoms with van der Waals surface area (Å²) >= 11 is 1.30. The smallest absolute Gasteiger partial charge is 0.312 e. The van der Waals surface area contributed by atoms with Crippen LogP contribution in [0.5, 0.6) is 5.75 Å².